The van der Waals surface area contributed by atoms with Gasteiger partial charge in [0.25, 0.3) is 6.43 Å². The number of alkyl halides is 2. The second kappa shape index (κ2) is 7.42. The van der Waals surface area contributed by atoms with Crippen LogP contribution in [0.3, 0.4) is 0 Å². The second-order valence-electron chi connectivity index (χ2n) is 5.58. The van der Waals surface area contributed by atoms with Crippen LogP contribution in [0.1, 0.15) is 25.3 Å². The molecule has 1 fully saturated rings. The minimum Gasteiger partial charge on any atom is -0.487 e. The zero-order valence-electron chi connectivity index (χ0n) is 12.9. The van der Waals surface area contributed by atoms with Gasteiger partial charge in [-0.2, -0.15) is 0 Å². The topological polar surface area (TPSA) is 41.6 Å². The van der Waals surface area contributed by atoms with Crippen molar-refractivity contribution in [2.45, 2.75) is 39.2 Å². The molecule has 1 aromatic rings. The fourth-order valence-electron chi connectivity index (χ4n) is 2.52. The fraction of sp³-hybridized carbons (Fsp3) is 0.562. The number of likely N-dealkylation sites (tertiary alicyclic amines) is 1. The Kier molecular flexibility index (Phi) is 5.57. The standard InChI is InChI=1S/C16H22F2N2O2/c1-11-5-6-13(9-14(11)22-10-15(17)18)19-12(2)16(21)20-7-3-4-8-20/h5-6,9,12,15,19H,3-4,7-8,10H2,1-2H3. The van der Waals surface area contributed by atoms with Crippen molar-refractivity contribution >= 4 is 11.6 Å². The van der Waals surface area contributed by atoms with E-state index in [-0.39, 0.29) is 11.9 Å². The van der Waals surface area contributed by atoms with Crippen molar-refractivity contribution in [1.29, 1.82) is 0 Å². The van der Waals surface area contributed by atoms with Crippen LogP contribution in [-0.4, -0.2) is 43.0 Å². The molecule has 1 aliphatic heterocycles. The molecular weight excluding hydrogens is 290 g/mol. The van der Waals surface area contributed by atoms with Crippen molar-refractivity contribution in [3.05, 3.63) is 23.8 Å². The van der Waals surface area contributed by atoms with E-state index < -0.39 is 13.0 Å². The van der Waals surface area contributed by atoms with Crippen molar-refractivity contribution in [2.24, 2.45) is 0 Å². The van der Waals surface area contributed by atoms with Crippen LogP contribution in [0.25, 0.3) is 0 Å². The predicted octanol–water partition coefficient (Wildman–Crippen LogP) is 3.06. The van der Waals surface area contributed by atoms with E-state index in [4.69, 9.17) is 4.74 Å². The number of rotatable bonds is 6. The molecule has 1 saturated heterocycles. The summed E-state index contributed by atoms with van der Waals surface area (Å²) in [5.41, 5.74) is 1.47. The fourth-order valence-corrected chi connectivity index (χ4v) is 2.52. The van der Waals surface area contributed by atoms with Crippen LogP contribution in [0, 0.1) is 6.92 Å². The number of anilines is 1. The smallest absolute Gasteiger partial charge is 0.272 e. The van der Waals surface area contributed by atoms with Gasteiger partial charge in [-0.05, 0) is 38.3 Å². The van der Waals surface area contributed by atoms with E-state index in [1.807, 2.05) is 11.0 Å². The van der Waals surface area contributed by atoms with Crippen LogP contribution in [-0.2, 0) is 4.79 Å². The van der Waals surface area contributed by atoms with Crippen LogP contribution >= 0.6 is 0 Å². The molecule has 0 spiro atoms. The molecule has 0 radical (unpaired) electrons. The van der Waals surface area contributed by atoms with E-state index in [0.717, 1.165) is 31.5 Å². The number of carbonyl (C=O) groups is 1. The summed E-state index contributed by atoms with van der Waals surface area (Å²) in [4.78, 5) is 14.1. The van der Waals surface area contributed by atoms with E-state index >= 15 is 0 Å². The molecule has 122 valence electrons. The van der Waals surface area contributed by atoms with Crippen LogP contribution in [0.2, 0.25) is 0 Å². The number of ether oxygens (including phenoxy) is 1. The van der Waals surface area contributed by atoms with E-state index in [1.165, 1.54) is 0 Å². The lowest BCUT2D eigenvalue weighted by molar-refractivity contribution is -0.130. The Balaban J connectivity index is 1.99. The molecule has 1 unspecified atom stereocenters. The van der Waals surface area contributed by atoms with E-state index in [0.29, 0.717) is 11.4 Å². The number of carbonyl (C=O) groups excluding carboxylic acids is 1. The average Bonchev–Trinajstić information content (AvgIpc) is 3.01. The summed E-state index contributed by atoms with van der Waals surface area (Å²) in [6, 6.07) is 4.91. The Morgan fingerprint density at radius 2 is 2.05 bits per heavy atom. The summed E-state index contributed by atoms with van der Waals surface area (Å²) in [7, 11) is 0. The molecule has 2 rings (SSSR count). The highest BCUT2D eigenvalue weighted by atomic mass is 19.3. The van der Waals surface area contributed by atoms with Crippen molar-refractivity contribution in [3.8, 4) is 5.75 Å². The molecule has 1 heterocycles. The molecule has 0 saturated carbocycles. The Bertz CT molecular complexity index is 517. The molecule has 0 aromatic heterocycles. The summed E-state index contributed by atoms with van der Waals surface area (Å²) < 4.78 is 29.6. The first-order valence-electron chi connectivity index (χ1n) is 7.54. The van der Waals surface area contributed by atoms with Crippen molar-refractivity contribution in [1.82, 2.24) is 4.90 Å². The van der Waals surface area contributed by atoms with Gasteiger partial charge in [-0.15, -0.1) is 0 Å². The molecule has 6 heteroatoms. The first-order valence-corrected chi connectivity index (χ1v) is 7.54. The number of nitrogens with zero attached hydrogens (tertiary/aromatic N) is 1. The number of aryl methyl sites for hydroxylation is 1. The number of amides is 1. The zero-order chi connectivity index (χ0) is 16.1. The van der Waals surface area contributed by atoms with Gasteiger partial charge in [-0.3, -0.25) is 4.79 Å². The quantitative estimate of drug-likeness (QED) is 0.878. The van der Waals surface area contributed by atoms with Crippen LogP contribution in [0.5, 0.6) is 5.75 Å². The summed E-state index contributed by atoms with van der Waals surface area (Å²) in [5, 5.41) is 3.12. The largest absolute Gasteiger partial charge is 0.487 e. The average molecular weight is 312 g/mol. The van der Waals surface area contributed by atoms with E-state index in [1.54, 1.807) is 26.0 Å². The van der Waals surface area contributed by atoms with Crippen LogP contribution in [0.4, 0.5) is 14.5 Å². The van der Waals surface area contributed by atoms with E-state index in [9.17, 15) is 13.6 Å². The number of benzene rings is 1. The third kappa shape index (κ3) is 4.32. The van der Waals surface area contributed by atoms with Crippen molar-refractivity contribution < 1.29 is 18.3 Å². The zero-order valence-corrected chi connectivity index (χ0v) is 12.9. The first-order chi connectivity index (χ1) is 10.5. The van der Waals surface area contributed by atoms with Gasteiger partial charge >= 0.3 is 0 Å². The van der Waals surface area contributed by atoms with Gasteiger partial charge < -0.3 is 15.0 Å². The minimum absolute atomic E-state index is 0.0631. The SMILES string of the molecule is Cc1ccc(NC(C)C(=O)N2CCCC2)cc1OCC(F)F. The van der Waals surface area contributed by atoms with Crippen molar-refractivity contribution in [3.63, 3.8) is 0 Å². The maximum atomic E-state index is 12.3. The highest BCUT2D eigenvalue weighted by molar-refractivity contribution is 5.84. The minimum atomic E-state index is -2.51. The lowest BCUT2D eigenvalue weighted by Gasteiger charge is -2.22. The molecular formula is C16H22F2N2O2. The van der Waals surface area contributed by atoms with Gasteiger partial charge in [-0.25, -0.2) is 8.78 Å². The molecule has 1 aliphatic rings. The number of nitrogens with one attached hydrogen (secondary N) is 1. The van der Waals surface area contributed by atoms with Crippen LogP contribution in [0.15, 0.2) is 18.2 Å². The maximum Gasteiger partial charge on any atom is 0.272 e. The van der Waals surface area contributed by atoms with Gasteiger partial charge in [0, 0.05) is 24.8 Å². The molecule has 22 heavy (non-hydrogen) atoms. The number of hydrogen-bond donors (Lipinski definition) is 1. The predicted molar refractivity (Wildman–Crippen MR) is 81.6 cm³/mol. The lowest BCUT2D eigenvalue weighted by atomic mass is 10.2. The monoisotopic (exact) mass is 312 g/mol. The van der Waals surface area contributed by atoms with Crippen molar-refractivity contribution in [2.75, 3.05) is 25.0 Å². The van der Waals surface area contributed by atoms with Gasteiger partial charge in [0.15, 0.2) is 0 Å². The molecule has 1 amide bonds. The molecule has 4 nitrogen and oxygen atoms in total. The van der Waals surface area contributed by atoms with E-state index in [2.05, 4.69) is 5.32 Å². The Morgan fingerprint density at radius 3 is 2.68 bits per heavy atom. The van der Waals surface area contributed by atoms with Crippen LogP contribution < -0.4 is 10.1 Å². The lowest BCUT2D eigenvalue weighted by Crippen LogP contribution is -2.39. The van der Waals surface area contributed by atoms with Gasteiger partial charge in [0.05, 0.1) is 0 Å². The normalized spacial score (nSPS) is 16.0. The molecule has 1 N–H and O–H groups in total. The van der Waals surface area contributed by atoms with Gasteiger partial charge in [-0.1, -0.05) is 6.07 Å². The summed E-state index contributed by atoms with van der Waals surface area (Å²) >= 11 is 0. The Morgan fingerprint density at radius 1 is 1.36 bits per heavy atom. The number of hydrogen-bond acceptors (Lipinski definition) is 3. The summed E-state index contributed by atoms with van der Waals surface area (Å²) in [6.45, 7) is 4.58. The third-order valence-electron chi connectivity index (χ3n) is 3.72. The van der Waals surface area contributed by atoms with Gasteiger partial charge in [0.2, 0.25) is 5.91 Å². The highest BCUT2D eigenvalue weighted by Crippen LogP contribution is 2.24. The maximum absolute atomic E-state index is 12.3. The molecule has 1 atom stereocenters. The summed E-state index contributed by atoms with van der Waals surface area (Å²) in [5.74, 6) is 0.472. The molecule has 1 aromatic carbocycles. The third-order valence-corrected chi connectivity index (χ3v) is 3.72. The summed E-state index contributed by atoms with van der Waals surface area (Å²) in [6.07, 6.45) is -0.407. The molecule has 0 aliphatic carbocycles. The Hall–Kier alpha value is -1.85. The first kappa shape index (κ1) is 16.5. The Labute approximate surface area is 129 Å². The van der Waals surface area contributed by atoms with Gasteiger partial charge in [0.1, 0.15) is 18.4 Å². The molecule has 0 bridgehead atoms. The number of halogens is 2. The second-order valence-corrected chi connectivity index (χ2v) is 5.58. The highest BCUT2D eigenvalue weighted by Gasteiger charge is 2.23.